The molecule has 142 valence electrons. The van der Waals surface area contributed by atoms with Crippen molar-refractivity contribution in [2.75, 3.05) is 40.9 Å². The van der Waals surface area contributed by atoms with Gasteiger partial charge < -0.3 is 20.3 Å². The smallest absolute Gasteiger partial charge is 0.243 e. The van der Waals surface area contributed by atoms with Crippen molar-refractivity contribution in [2.24, 2.45) is 4.99 Å². The van der Waals surface area contributed by atoms with Crippen LogP contribution in [0.2, 0.25) is 0 Å². The zero-order valence-corrected chi connectivity index (χ0v) is 17.1. The monoisotopic (exact) mass is 470 g/mol. The van der Waals surface area contributed by atoms with E-state index in [2.05, 4.69) is 15.6 Å². The molecule has 0 aliphatic carbocycles. The molecule has 0 radical (unpaired) electrons. The molecule has 0 saturated heterocycles. The maximum Gasteiger partial charge on any atom is 0.243 e. The molecule has 0 saturated carbocycles. The summed E-state index contributed by atoms with van der Waals surface area (Å²) in [4.78, 5) is 17.3. The lowest BCUT2D eigenvalue weighted by Gasteiger charge is -2.19. The molecule has 0 bridgehead atoms. The molecule has 1 unspecified atom stereocenters. The van der Waals surface area contributed by atoms with Crippen LogP contribution in [-0.4, -0.2) is 57.7 Å². The van der Waals surface area contributed by atoms with E-state index in [9.17, 15) is 13.6 Å². The number of methoxy groups -OCH3 is 1. The molecule has 0 aliphatic rings. The van der Waals surface area contributed by atoms with E-state index in [0.29, 0.717) is 24.7 Å². The minimum Gasteiger partial charge on any atom is -0.383 e. The third-order valence-corrected chi connectivity index (χ3v) is 3.27. The maximum atomic E-state index is 13.4. The van der Waals surface area contributed by atoms with Gasteiger partial charge in [-0.25, -0.2) is 13.8 Å². The molecule has 1 aromatic rings. The SMILES string of the molecule is COCCNC(=NCC(=O)N(C)C)NC(C)c1ccc(F)c(F)c1.I. The molecule has 1 aromatic carbocycles. The van der Waals surface area contributed by atoms with Crippen molar-refractivity contribution in [1.29, 1.82) is 0 Å². The summed E-state index contributed by atoms with van der Waals surface area (Å²) in [5, 5.41) is 6.07. The van der Waals surface area contributed by atoms with E-state index in [1.54, 1.807) is 28.1 Å². The Morgan fingerprint density at radius 1 is 1.32 bits per heavy atom. The Bertz CT molecular complexity index is 585. The van der Waals surface area contributed by atoms with Gasteiger partial charge in [0.05, 0.1) is 12.6 Å². The van der Waals surface area contributed by atoms with E-state index >= 15 is 0 Å². The lowest BCUT2D eigenvalue weighted by Crippen LogP contribution is -2.41. The van der Waals surface area contributed by atoms with Gasteiger partial charge in [0.15, 0.2) is 17.6 Å². The zero-order valence-electron chi connectivity index (χ0n) is 14.8. The number of rotatable bonds is 7. The van der Waals surface area contributed by atoms with Crippen molar-refractivity contribution in [1.82, 2.24) is 15.5 Å². The molecule has 1 atom stereocenters. The van der Waals surface area contributed by atoms with Crippen molar-refractivity contribution in [3.63, 3.8) is 0 Å². The van der Waals surface area contributed by atoms with Gasteiger partial charge in [0, 0.05) is 27.7 Å². The highest BCUT2D eigenvalue weighted by Crippen LogP contribution is 2.15. The number of carbonyl (C=O) groups is 1. The van der Waals surface area contributed by atoms with Gasteiger partial charge in [0.25, 0.3) is 0 Å². The van der Waals surface area contributed by atoms with E-state index in [0.717, 1.165) is 12.1 Å². The summed E-state index contributed by atoms with van der Waals surface area (Å²) in [5.74, 6) is -1.56. The average molecular weight is 470 g/mol. The first-order valence-electron chi connectivity index (χ1n) is 7.54. The third kappa shape index (κ3) is 8.43. The van der Waals surface area contributed by atoms with Crippen LogP contribution in [0.4, 0.5) is 8.78 Å². The fraction of sp³-hybridized carbons (Fsp3) is 0.500. The average Bonchev–Trinajstić information content (AvgIpc) is 2.54. The number of halogens is 3. The third-order valence-electron chi connectivity index (χ3n) is 3.27. The van der Waals surface area contributed by atoms with Gasteiger partial charge in [-0.15, -0.1) is 24.0 Å². The highest BCUT2D eigenvalue weighted by atomic mass is 127. The normalized spacial score (nSPS) is 12.2. The van der Waals surface area contributed by atoms with Crippen molar-refractivity contribution < 1.29 is 18.3 Å². The van der Waals surface area contributed by atoms with Crippen molar-refractivity contribution in [3.8, 4) is 0 Å². The summed E-state index contributed by atoms with van der Waals surface area (Å²) in [5.41, 5.74) is 0.564. The first-order valence-corrected chi connectivity index (χ1v) is 7.54. The number of hydrogen-bond acceptors (Lipinski definition) is 3. The number of aliphatic imine (C=N–C) groups is 1. The molecule has 2 N–H and O–H groups in total. The second-order valence-electron chi connectivity index (χ2n) is 5.41. The van der Waals surface area contributed by atoms with Gasteiger partial charge in [-0.05, 0) is 24.6 Å². The van der Waals surface area contributed by atoms with Crippen LogP contribution >= 0.6 is 24.0 Å². The topological polar surface area (TPSA) is 66.0 Å². The summed E-state index contributed by atoms with van der Waals surface area (Å²) in [7, 11) is 4.87. The van der Waals surface area contributed by atoms with Crippen molar-refractivity contribution in [3.05, 3.63) is 35.4 Å². The number of carbonyl (C=O) groups excluding carboxylic acids is 1. The Kier molecular flexibility index (Phi) is 11.2. The second-order valence-corrected chi connectivity index (χ2v) is 5.41. The van der Waals surface area contributed by atoms with Crippen LogP contribution in [0, 0.1) is 11.6 Å². The van der Waals surface area contributed by atoms with Gasteiger partial charge in [0.1, 0.15) is 6.54 Å². The molecular weight excluding hydrogens is 445 g/mol. The minimum atomic E-state index is -0.908. The molecule has 0 aliphatic heterocycles. The summed E-state index contributed by atoms with van der Waals surface area (Å²) < 4.78 is 31.3. The summed E-state index contributed by atoms with van der Waals surface area (Å²) in [6.07, 6.45) is 0. The maximum absolute atomic E-state index is 13.4. The minimum absolute atomic E-state index is 0. The summed E-state index contributed by atoms with van der Waals surface area (Å²) in [6, 6.07) is 3.37. The molecule has 0 aromatic heterocycles. The van der Waals surface area contributed by atoms with Gasteiger partial charge in [-0.3, -0.25) is 4.79 Å². The lowest BCUT2D eigenvalue weighted by molar-refractivity contribution is -0.127. The zero-order chi connectivity index (χ0) is 18.1. The quantitative estimate of drug-likeness (QED) is 0.277. The van der Waals surface area contributed by atoms with Crippen molar-refractivity contribution in [2.45, 2.75) is 13.0 Å². The molecule has 1 amide bonds. The lowest BCUT2D eigenvalue weighted by atomic mass is 10.1. The fourth-order valence-electron chi connectivity index (χ4n) is 1.78. The first-order chi connectivity index (χ1) is 11.3. The van der Waals surface area contributed by atoms with Crippen LogP contribution in [0.15, 0.2) is 23.2 Å². The predicted molar refractivity (Wildman–Crippen MR) is 104 cm³/mol. The molecule has 0 fully saturated rings. The Labute approximate surface area is 164 Å². The molecule has 9 heteroatoms. The van der Waals surface area contributed by atoms with Crippen LogP contribution in [-0.2, 0) is 9.53 Å². The van der Waals surface area contributed by atoms with Crippen LogP contribution in [0.5, 0.6) is 0 Å². The molecular formula is C16H25F2IN4O2. The number of ether oxygens (including phenoxy) is 1. The molecule has 0 heterocycles. The van der Waals surface area contributed by atoms with E-state index in [1.807, 2.05) is 0 Å². The first kappa shape index (κ1) is 23.5. The Morgan fingerprint density at radius 2 is 2.00 bits per heavy atom. The fourth-order valence-corrected chi connectivity index (χ4v) is 1.78. The largest absolute Gasteiger partial charge is 0.383 e. The van der Waals surface area contributed by atoms with Crippen LogP contribution in [0.3, 0.4) is 0 Å². The Morgan fingerprint density at radius 3 is 2.56 bits per heavy atom. The van der Waals surface area contributed by atoms with Gasteiger partial charge >= 0.3 is 0 Å². The highest BCUT2D eigenvalue weighted by molar-refractivity contribution is 14.0. The number of nitrogens with zero attached hydrogens (tertiary/aromatic N) is 2. The molecule has 25 heavy (non-hydrogen) atoms. The Hall–Kier alpha value is -1.49. The molecule has 0 spiro atoms. The van der Waals surface area contributed by atoms with Crippen molar-refractivity contribution >= 4 is 35.8 Å². The summed E-state index contributed by atoms with van der Waals surface area (Å²) in [6.45, 7) is 2.71. The van der Waals surface area contributed by atoms with Crippen LogP contribution in [0.1, 0.15) is 18.5 Å². The number of hydrogen-bond donors (Lipinski definition) is 2. The van der Waals surface area contributed by atoms with Gasteiger partial charge in [0.2, 0.25) is 5.91 Å². The molecule has 1 rings (SSSR count). The highest BCUT2D eigenvalue weighted by Gasteiger charge is 2.12. The standard InChI is InChI=1S/C16H24F2N4O2.HI/c1-11(12-5-6-13(17)14(18)9-12)21-16(19-7-8-24-4)20-10-15(23)22(2)3;/h5-6,9,11H,7-8,10H2,1-4H3,(H2,19,20,21);1H. The molecule has 6 nitrogen and oxygen atoms in total. The van der Waals surface area contributed by atoms with E-state index in [-0.39, 0.29) is 42.5 Å². The predicted octanol–water partition coefficient (Wildman–Crippen LogP) is 1.91. The number of likely N-dealkylation sites (N-methyl/N-ethyl adjacent to an activating group) is 1. The van der Waals surface area contributed by atoms with E-state index in [4.69, 9.17) is 4.74 Å². The van der Waals surface area contributed by atoms with Gasteiger partial charge in [-0.2, -0.15) is 0 Å². The van der Waals surface area contributed by atoms with E-state index in [1.165, 1.54) is 11.0 Å². The number of amides is 1. The number of nitrogens with one attached hydrogen (secondary N) is 2. The summed E-state index contributed by atoms with van der Waals surface area (Å²) >= 11 is 0. The van der Waals surface area contributed by atoms with E-state index < -0.39 is 11.6 Å². The Balaban J connectivity index is 0.00000576. The van der Waals surface area contributed by atoms with Crippen LogP contribution in [0.25, 0.3) is 0 Å². The number of benzene rings is 1. The van der Waals surface area contributed by atoms with Crippen LogP contribution < -0.4 is 10.6 Å². The second kappa shape index (κ2) is 12.0. The number of guanidine groups is 1. The van der Waals surface area contributed by atoms with Gasteiger partial charge in [-0.1, -0.05) is 6.07 Å².